The van der Waals surface area contributed by atoms with Crippen molar-refractivity contribution < 1.29 is 4.79 Å². The summed E-state index contributed by atoms with van der Waals surface area (Å²) in [6, 6.07) is 3.88. The maximum Gasteiger partial charge on any atom is 0.233 e. The van der Waals surface area contributed by atoms with E-state index in [0.717, 1.165) is 30.5 Å². The molecule has 0 saturated heterocycles. The van der Waals surface area contributed by atoms with Crippen molar-refractivity contribution in [1.82, 2.24) is 10.3 Å². The van der Waals surface area contributed by atoms with Crippen LogP contribution in [0.1, 0.15) is 30.5 Å². The van der Waals surface area contributed by atoms with Gasteiger partial charge in [0.25, 0.3) is 0 Å². The quantitative estimate of drug-likeness (QED) is 0.807. The Morgan fingerprint density at radius 3 is 2.72 bits per heavy atom. The van der Waals surface area contributed by atoms with Crippen molar-refractivity contribution in [3.8, 4) is 0 Å². The standard InChI is InChI=1S/C13H17N3OS/c1-9-3-4-10(7-15-9)8-16-12(17)13(11(14)18)5-2-6-13/h3-4,7H,2,5-6,8H2,1H3,(H2,14,18)(H,16,17). The molecular weight excluding hydrogens is 246 g/mol. The molecule has 4 nitrogen and oxygen atoms in total. The Bertz CT molecular complexity index is 466. The van der Waals surface area contributed by atoms with Gasteiger partial charge in [0.2, 0.25) is 5.91 Å². The van der Waals surface area contributed by atoms with Crippen LogP contribution in [0.5, 0.6) is 0 Å². The van der Waals surface area contributed by atoms with Crippen LogP contribution >= 0.6 is 12.2 Å². The monoisotopic (exact) mass is 263 g/mol. The first kappa shape index (κ1) is 13.0. The SMILES string of the molecule is Cc1ccc(CNC(=O)C2(C(N)=S)CCC2)cn1. The summed E-state index contributed by atoms with van der Waals surface area (Å²) < 4.78 is 0. The maximum absolute atomic E-state index is 12.1. The van der Waals surface area contributed by atoms with Crippen molar-refractivity contribution in [2.75, 3.05) is 0 Å². The fourth-order valence-corrected chi connectivity index (χ4v) is 2.37. The number of rotatable bonds is 4. The minimum Gasteiger partial charge on any atom is -0.392 e. The van der Waals surface area contributed by atoms with Crippen molar-refractivity contribution in [2.45, 2.75) is 32.7 Å². The third kappa shape index (κ3) is 2.36. The van der Waals surface area contributed by atoms with Crippen LogP contribution in [-0.2, 0) is 11.3 Å². The lowest BCUT2D eigenvalue weighted by Crippen LogP contribution is -2.52. The number of carbonyl (C=O) groups excluding carboxylic acids is 1. The van der Waals surface area contributed by atoms with Crippen molar-refractivity contribution >= 4 is 23.1 Å². The lowest BCUT2D eigenvalue weighted by Gasteiger charge is -2.39. The Hall–Kier alpha value is -1.49. The number of aromatic nitrogens is 1. The molecule has 0 unspecified atom stereocenters. The molecule has 1 fully saturated rings. The molecule has 1 heterocycles. The van der Waals surface area contributed by atoms with E-state index in [9.17, 15) is 4.79 Å². The third-order valence-electron chi connectivity index (χ3n) is 3.54. The van der Waals surface area contributed by atoms with E-state index in [1.807, 2.05) is 19.1 Å². The van der Waals surface area contributed by atoms with Crippen LogP contribution in [0.15, 0.2) is 18.3 Å². The second-order valence-corrected chi connectivity index (χ2v) is 5.23. The number of nitrogens with one attached hydrogen (secondary N) is 1. The van der Waals surface area contributed by atoms with Crippen LogP contribution in [-0.4, -0.2) is 15.9 Å². The number of thiocarbonyl (C=S) groups is 1. The van der Waals surface area contributed by atoms with Gasteiger partial charge in [-0.25, -0.2) is 0 Å². The first-order valence-corrected chi connectivity index (χ1v) is 6.45. The summed E-state index contributed by atoms with van der Waals surface area (Å²) in [5.41, 5.74) is 7.02. The number of hydrogen-bond acceptors (Lipinski definition) is 3. The Kier molecular flexibility index (Phi) is 3.61. The lowest BCUT2D eigenvalue weighted by atomic mass is 9.68. The van der Waals surface area contributed by atoms with Gasteiger partial charge in [-0.15, -0.1) is 0 Å². The van der Waals surface area contributed by atoms with Gasteiger partial charge < -0.3 is 11.1 Å². The molecule has 1 amide bonds. The molecule has 96 valence electrons. The summed E-state index contributed by atoms with van der Waals surface area (Å²) in [4.78, 5) is 16.6. The molecular formula is C13H17N3OS. The Morgan fingerprint density at radius 1 is 1.56 bits per heavy atom. The molecule has 1 aromatic rings. The largest absolute Gasteiger partial charge is 0.392 e. The first-order valence-electron chi connectivity index (χ1n) is 6.04. The molecule has 1 saturated carbocycles. The van der Waals surface area contributed by atoms with Gasteiger partial charge in [-0.05, 0) is 31.4 Å². The van der Waals surface area contributed by atoms with Gasteiger partial charge in [-0.2, -0.15) is 0 Å². The van der Waals surface area contributed by atoms with Gasteiger partial charge in [0, 0.05) is 18.4 Å². The summed E-state index contributed by atoms with van der Waals surface area (Å²) in [7, 11) is 0. The van der Waals surface area contributed by atoms with Crippen LogP contribution in [0.4, 0.5) is 0 Å². The molecule has 3 N–H and O–H groups in total. The Balaban J connectivity index is 1.96. The number of pyridine rings is 1. The highest BCUT2D eigenvalue weighted by molar-refractivity contribution is 7.80. The summed E-state index contributed by atoms with van der Waals surface area (Å²) in [5, 5.41) is 2.90. The van der Waals surface area contributed by atoms with E-state index >= 15 is 0 Å². The Morgan fingerprint density at radius 2 is 2.28 bits per heavy atom. The Labute approximate surface area is 112 Å². The average molecular weight is 263 g/mol. The van der Waals surface area contributed by atoms with Gasteiger partial charge in [0.05, 0.1) is 10.4 Å². The predicted octanol–water partition coefficient (Wildman–Crippen LogP) is 1.46. The fourth-order valence-electron chi connectivity index (χ4n) is 2.07. The van der Waals surface area contributed by atoms with Crippen LogP contribution in [0.25, 0.3) is 0 Å². The summed E-state index contributed by atoms with van der Waals surface area (Å²) in [6.45, 7) is 2.40. The summed E-state index contributed by atoms with van der Waals surface area (Å²) >= 11 is 5.01. The maximum atomic E-state index is 12.1. The zero-order chi connectivity index (χ0) is 13.2. The lowest BCUT2D eigenvalue weighted by molar-refractivity contribution is -0.131. The van der Waals surface area contributed by atoms with Crippen molar-refractivity contribution in [3.05, 3.63) is 29.6 Å². The van der Waals surface area contributed by atoms with Crippen LogP contribution < -0.4 is 11.1 Å². The van der Waals surface area contributed by atoms with Gasteiger partial charge in [0.1, 0.15) is 0 Å². The van der Waals surface area contributed by atoms with E-state index < -0.39 is 5.41 Å². The molecule has 1 aliphatic carbocycles. The van der Waals surface area contributed by atoms with E-state index in [-0.39, 0.29) is 5.91 Å². The minimum absolute atomic E-state index is 0.0539. The molecule has 1 aliphatic rings. The van der Waals surface area contributed by atoms with Crippen molar-refractivity contribution in [1.29, 1.82) is 0 Å². The number of carbonyl (C=O) groups is 1. The zero-order valence-corrected chi connectivity index (χ0v) is 11.2. The molecule has 18 heavy (non-hydrogen) atoms. The highest BCUT2D eigenvalue weighted by atomic mass is 32.1. The fraction of sp³-hybridized carbons (Fsp3) is 0.462. The van der Waals surface area contributed by atoms with Crippen LogP contribution in [0, 0.1) is 12.3 Å². The molecule has 5 heteroatoms. The normalized spacial score (nSPS) is 16.7. The molecule has 0 radical (unpaired) electrons. The van der Waals surface area contributed by atoms with E-state index in [1.165, 1.54) is 0 Å². The minimum atomic E-state index is -0.604. The topological polar surface area (TPSA) is 68.0 Å². The number of amides is 1. The highest BCUT2D eigenvalue weighted by Crippen LogP contribution is 2.41. The number of nitrogens with zero attached hydrogens (tertiary/aromatic N) is 1. The average Bonchev–Trinajstić information content (AvgIpc) is 2.26. The van der Waals surface area contributed by atoms with E-state index in [2.05, 4.69) is 10.3 Å². The molecule has 0 bridgehead atoms. The number of hydrogen-bond donors (Lipinski definition) is 2. The van der Waals surface area contributed by atoms with Gasteiger partial charge in [0.15, 0.2) is 0 Å². The molecule has 0 spiro atoms. The third-order valence-corrected chi connectivity index (χ3v) is 3.93. The second-order valence-electron chi connectivity index (χ2n) is 4.79. The van der Waals surface area contributed by atoms with Crippen molar-refractivity contribution in [2.24, 2.45) is 11.1 Å². The van der Waals surface area contributed by atoms with E-state index in [4.69, 9.17) is 18.0 Å². The van der Waals surface area contributed by atoms with Crippen LogP contribution in [0.3, 0.4) is 0 Å². The molecule has 0 aliphatic heterocycles. The van der Waals surface area contributed by atoms with E-state index in [1.54, 1.807) is 6.20 Å². The molecule has 2 rings (SSSR count). The van der Waals surface area contributed by atoms with Crippen molar-refractivity contribution in [3.63, 3.8) is 0 Å². The van der Waals surface area contributed by atoms with Crippen LogP contribution in [0.2, 0.25) is 0 Å². The first-order chi connectivity index (χ1) is 8.54. The van der Waals surface area contributed by atoms with Gasteiger partial charge >= 0.3 is 0 Å². The predicted molar refractivity (Wildman–Crippen MR) is 73.9 cm³/mol. The summed E-state index contributed by atoms with van der Waals surface area (Å²) in [6.07, 6.45) is 4.31. The molecule has 1 aromatic heterocycles. The number of aryl methyl sites for hydroxylation is 1. The summed E-state index contributed by atoms with van der Waals surface area (Å²) in [5.74, 6) is -0.0539. The van der Waals surface area contributed by atoms with E-state index in [0.29, 0.717) is 11.5 Å². The number of nitrogens with two attached hydrogens (primary N) is 1. The second kappa shape index (κ2) is 5.02. The molecule has 0 aromatic carbocycles. The molecule has 0 atom stereocenters. The van der Waals surface area contributed by atoms with Gasteiger partial charge in [-0.3, -0.25) is 9.78 Å². The zero-order valence-electron chi connectivity index (χ0n) is 10.4. The smallest absolute Gasteiger partial charge is 0.233 e. The highest BCUT2D eigenvalue weighted by Gasteiger charge is 2.46. The van der Waals surface area contributed by atoms with Gasteiger partial charge in [-0.1, -0.05) is 24.7 Å².